The number of methoxy groups -OCH3 is 2. The molecule has 1 atom stereocenters. The van der Waals surface area contributed by atoms with Crippen LogP contribution in [0.25, 0.3) is 0 Å². The van der Waals surface area contributed by atoms with Crippen LogP contribution in [0.5, 0.6) is 11.5 Å². The summed E-state index contributed by atoms with van der Waals surface area (Å²) in [5, 5.41) is 3.18. The second kappa shape index (κ2) is 5.36. The quantitative estimate of drug-likeness (QED) is 0.875. The number of hydrogen-bond acceptors (Lipinski definition) is 5. The van der Waals surface area contributed by atoms with Gasteiger partial charge in [0, 0.05) is 11.3 Å². The molecule has 5 heteroatoms. The zero-order valence-electron chi connectivity index (χ0n) is 11.8. The lowest BCUT2D eigenvalue weighted by atomic mass is 10.1. The highest BCUT2D eigenvalue weighted by Gasteiger charge is 2.35. The highest BCUT2D eigenvalue weighted by Crippen LogP contribution is 2.41. The van der Waals surface area contributed by atoms with Crippen molar-refractivity contribution in [1.29, 1.82) is 0 Å². The molecule has 1 heterocycles. The maximum absolute atomic E-state index is 12.1. The van der Waals surface area contributed by atoms with E-state index in [4.69, 9.17) is 14.2 Å². The van der Waals surface area contributed by atoms with Crippen LogP contribution < -0.4 is 14.8 Å². The first-order valence-corrected chi connectivity index (χ1v) is 6.52. The largest absolute Gasteiger partial charge is 0.493 e. The number of cyclic esters (lactones) is 1. The van der Waals surface area contributed by atoms with Crippen molar-refractivity contribution in [3.63, 3.8) is 0 Å². The van der Waals surface area contributed by atoms with Gasteiger partial charge in [0.15, 0.2) is 11.5 Å². The van der Waals surface area contributed by atoms with Crippen LogP contribution in [0, 0.1) is 0 Å². The van der Waals surface area contributed by atoms with Gasteiger partial charge in [0.1, 0.15) is 5.56 Å². The topological polar surface area (TPSA) is 56.8 Å². The van der Waals surface area contributed by atoms with Crippen LogP contribution in [0.15, 0.2) is 42.5 Å². The highest BCUT2D eigenvalue weighted by molar-refractivity contribution is 5.98. The molecule has 0 aromatic heterocycles. The van der Waals surface area contributed by atoms with Gasteiger partial charge in [-0.25, -0.2) is 4.79 Å². The minimum atomic E-state index is -0.533. The summed E-state index contributed by atoms with van der Waals surface area (Å²) in [4.78, 5) is 12.1. The van der Waals surface area contributed by atoms with Crippen molar-refractivity contribution in [1.82, 2.24) is 0 Å². The molecule has 2 aromatic rings. The summed E-state index contributed by atoms with van der Waals surface area (Å²) in [5.41, 5.74) is 2.02. The van der Waals surface area contributed by atoms with Gasteiger partial charge in [0.25, 0.3) is 0 Å². The number of esters is 1. The second-order valence-electron chi connectivity index (χ2n) is 4.56. The molecule has 0 amide bonds. The fourth-order valence-electron chi connectivity index (χ4n) is 2.39. The minimum Gasteiger partial charge on any atom is -0.493 e. The van der Waals surface area contributed by atoms with Crippen molar-refractivity contribution >= 4 is 11.7 Å². The Morgan fingerprint density at radius 2 is 1.81 bits per heavy atom. The van der Waals surface area contributed by atoms with E-state index in [0.29, 0.717) is 17.1 Å². The average molecular weight is 285 g/mol. The molecule has 0 unspecified atom stereocenters. The fraction of sp³-hybridized carbons (Fsp3) is 0.188. The van der Waals surface area contributed by atoms with Crippen molar-refractivity contribution in [3.8, 4) is 11.5 Å². The molecule has 0 fully saturated rings. The smallest absolute Gasteiger partial charge is 0.344 e. The first kappa shape index (κ1) is 13.3. The number of hydrogen-bond donors (Lipinski definition) is 1. The molecule has 5 nitrogen and oxygen atoms in total. The van der Waals surface area contributed by atoms with Crippen LogP contribution in [-0.2, 0) is 4.74 Å². The normalized spacial score (nSPS) is 16.1. The van der Waals surface area contributed by atoms with E-state index < -0.39 is 12.2 Å². The summed E-state index contributed by atoms with van der Waals surface area (Å²) in [6, 6.07) is 13.1. The Bertz CT molecular complexity index is 669. The molecule has 0 radical (unpaired) electrons. The van der Waals surface area contributed by atoms with E-state index in [2.05, 4.69) is 5.32 Å². The third-order valence-corrected chi connectivity index (χ3v) is 3.36. The van der Waals surface area contributed by atoms with Gasteiger partial charge in [0.2, 0.25) is 6.23 Å². The van der Waals surface area contributed by atoms with Crippen LogP contribution >= 0.6 is 0 Å². The molecule has 108 valence electrons. The molecule has 0 aliphatic carbocycles. The lowest BCUT2D eigenvalue weighted by molar-refractivity contribution is 0.0435. The van der Waals surface area contributed by atoms with E-state index in [-0.39, 0.29) is 0 Å². The van der Waals surface area contributed by atoms with E-state index in [0.717, 1.165) is 11.3 Å². The van der Waals surface area contributed by atoms with Gasteiger partial charge in [-0.1, -0.05) is 18.2 Å². The lowest BCUT2D eigenvalue weighted by Crippen LogP contribution is -2.09. The molecule has 0 spiro atoms. The summed E-state index contributed by atoms with van der Waals surface area (Å²) in [5.74, 6) is 0.486. The number of anilines is 1. The molecule has 2 aromatic carbocycles. The maximum atomic E-state index is 12.1. The van der Waals surface area contributed by atoms with Gasteiger partial charge in [-0.15, -0.1) is 0 Å². The van der Waals surface area contributed by atoms with E-state index in [1.165, 1.54) is 14.2 Å². The first-order chi connectivity index (χ1) is 10.2. The Morgan fingerprint density at radius 1 is 1.05 bits per heavy atom. The van der Waals surface area contributed by atoms with Crippen LogP contribution in [0.1, 0.15) is 22.1 Å². The number of fused-ring (bicyclic) bond motifs is 1. The molecule has 0 saturated heterocycles. The number of nitrogens with one attached hydrogen (secondary N) is 1. The Labute approximate surface area is 122 Å². The molecule has 3 rings (SSSR count). The fourth-order valence-corrected chi connectivity index (χ4v) is 2.39. The van der Waals surface area contributed by atoms with Crippen molar-refractivity contribution in [2.75, 3.05) is 19.5 Å². The van der Waals surface area contributed by atoms with Crippen LogP contribution in [-0.4, -0.2) is 20.2 Å². The molecule has 0 bridgehead atoms. The van der Waals surface area contributed by atoms with Gasteiger partial charge in [-0.2, -0.15) is 0 Å². The summed E-state index contributed by atoms with van der Waals surface area (Å²) >= 11 is 0. The molecular formula is C16H15NO4. The summed E-state index contributed by atoms with van der Waals surface area (Å²) in [6.45, 7) is 0. The number of rotatable bonds is 4. The molecule has 1 aliphatic rings. The lowest BCUT2D eigenvalue weighted by Gasteiger charge is -2.15. The predicted octanol–water partition coefficient (Wildman–Crippen LogP) is 2.98. The number of carbonyl (C=O) groups excluding carboxylic acids is 1. The van der Waals surface area contributed by atoms with Gasteiger partial charge in [-0.05, 0) is 24.3 Å². The molecule has 1 aliphatic heterocycles. The number of benzene rings is 2. The predicted molar refractivity (Wildman–Crippen MR) is 77.8 cm³/mol. The average Bonchev–Trinajstić information content (AvgIpc) is 2.83. The third-order valence-electron chi connectivity index (χ3n) is 3.36. The number of ether oxygens (including phenoxy) is 3. The Kier molecular flexibility index (Phi) is 3.39. The molecule has 1 N–H and O–H groups in total. The van der Waals surface area contributed by atoms with Crippen molar-refractivity contribution in [2.45, 2.75) is 6.23 Å². The Morgan fingerprint density at radius 3 is 2.48 bits per heavy atom. The second-order valence-corrected chi connectivity index (χ2v) is 4.56. The maximum Gasteiger partial charge on any atom is 0.344 e. The van der Waals surface area contributed by atoms with Gasteiger partial charge < -0.3 is 19.5 Å². The first-order valence-electron chi connectivity index (χ1n) is 6.52. The van der Waals surface area contributed by atoms with Crippen LogP contribution in [0.3, 0.4) is 0 Å². The number of para-hydroxylation sites is 1. The van der Waals surface area contributed by atoms with Crippen molar-refractivity contribution < 1.29 is 19.0 Å². The number of carbonyl (C=O) groups is 1. The van der Waals surface area contributed by atoms with Crippen LogP contribution in [0.4, 0.5) is 5.69 Å². The van der Waals surface area contributed by atoms with E-state index in [9.17, 15) is 4.79 Å². The standard InChI is InChI=1S/C16H15NO4/c1-19-12-9-8-11-13(14(12)20-2)16(18)21-15(11)17-10-6-4-3-5-7-10/h3-9,15,17H,1-2H3/t15-/m1/s1. The minimum absolute atomic E-state index is 0.400. The molecule has 21 heavy (non-hydrogen) atoms. The molecule has 0 saturated carbocycles. The van der Waals surface area contributed by atoms with Gasteiger partial charge >= 0.3 is 5.97 Å². The Balaban J connectivity index is 1.99. The summed E-state index contributed by atoms with van der Waals surface area (Å²) < 4.78 is 15.9. The third kappa shape index (κ3) is 2.27. The highest BCUT2D eigenvalue weighted by atomic mass is 16.6. The van der Waals surface area contributed by atoms with Crippen molar-refractivity contribution in [3.05, 3.63) is 53.6 Å². The zero-order chi connectivity index (χ0) is 14.8. The Hall–Kier alpha value is -2.69. The van der Waals surface area contributed by atoms with E-state index in [1.54, 1.807) is 6.07 Å². The molecular weight excluding hydrogens is 270 g/mol. The van der Waals surface area contributed by atoms with Gasteiger partial charge in [-0.3, -0.25) is 0 Å². The SMILES string of the molecule is COc1ccc2c(c1OC)C(=O)O[C@H]2Nc1ccccc1. The zero-order valence-corrected chi connectivity index (χ0v) is 11.8. The van der Waals surface area contributed by atoms with Crippen LogP contribution in [0.2, 0.25) is 0 Å². The summed E-state index contributed by atoms with van der Waals surface area (Å²) in [7, 11) is 3.04. The van der Waals surface area contributed by atoms with Crippen molar-refractivity contribution in [2.24, 2.45) is 0 Å². The van der Waals surface area contributed by atoms with E-state index >= 15 is 0 Å². The summed E-state index contributed by atoms with van der Waals surface area (Å²) in [6.07, 6.45) is -0.533. The monoisotopic (exact) mass is 285 g/mol. The van der Waals surface area contributed by atoms with E-state index in [1.807, 2.05) is 36.4 Å². The van der Waals surface area contributed by atoms with Gasteiger partial charge in [0.05, 0.1) is 14.2 Å².